The lowest BCUT2D eigenvalue weighted by atomic mass is 9.99. The molecule has 0 amide bonds. The van der Waals surface area contributed by atoms with Crippen LogP contribution in [0, 0.1) is 0 Å². The summed E-state index contributed by atoms with van der Waals surface area (Å²) in [5.41, 5.74) is 8.38. The van der Waals surface area contributed by atoms with E-state index >= 15 is 0 Å². The van der Waals surface area contributed by atoms with E-state index in [4.69, 9.17) is 15.2 Å². The second kappa shape index (κ2) is 5.81. The summed E-state index contributed by atoms with van der Waals surface area (Å²) >= 11 is 3.42. The highest BCUT2D eigenvalue weighted by atomic mass is 79.9. The number of nitrogens with two attached hydrogens (primary N) is 1. The molecule has 2 aromatic rings. The summed E-state index contributed by atoms with van der Waals surface area (Å²) in [5, 5.41) is 0. The number of benzene rings is 1. The quantitative estimate of drug-likeness (QED) is 0.937. The van der Waals surface area contributed by atoms with Crippen LogP contribution in [0.4, 0.5) is 0 Å². The Morgan fingerprint density at radius 1 is 1.25 bits per heavy atom. The van der Waals surface area contributed by atoms with Crippen LogP contribution in [0.15, 0.2) is 41.1 Å². The van der Waals surface area contributed by atoms with E-state index in [1.807, 2.05) is 30.5 Å². The highest BCUT2D eigenvalue weighted by Gasteiger charge is 2.20. The Balaban J connectivity index is 1.85. The minimum Gasteiger partial charge on any atom is -0.486 e. The predicted octanol–water partition coefficient (Wildman–Crippen LogP) is 2.86. The number of hydrogen-bond acceptors (Lipinski definition) is 4. The minimum atomic E-state index is -0.150. The van der Waals surface area contributed by atoms with Gasteiger partial charge in [-0.25, -0.2) is 0 Å². The first-order valence-corrected chi connectivity index (χ1v) is 7.27. The number of para-hydroxylation sites is 1. The van der Waals surface area contributed by atoms with Crippen molar-refractivity contribution >= 4 is 15.9 Å². The molecule has 4 nitrogen and oxygen atoms in total. The molecule has 1 unspecified atom stereocenters. The predicted molar refractivity (Wildman–Crippen MR) is 80.0 cm³/mol. The van der Waals surface area contributed by atoms with Crippen LogP contribution in [0.25, 0.3) is 0 Å². The van der Waals surface area contributed by atoms with Gasteiger partial charge in [0.1, 0.15) is 13.2 Å². The van der Waals surface area contributed by atoms with Crippen LogP contribution < -0.4 is 15.2 Å². The van der Waals surface area contributed by atoms with Crippen molar-refractivity contribution in [2.45, 2.75) is 12.5 Å². The zero-order valence-electron chi connectivity index (χ0n) is 10.9. The van der Waals surface area contributed by atoms with Crippen molar-refractivity contribution in [3.63, 3.8) is 0 Å². The van der Waals surface area contributed by atoms with Crippen molar-refractivity contribution in [1.82, 2.24) is 4.98 Å². The largest absolute Gasteiger partial charge is 0.486 e. The third kappa shape index (κ3) is 2.78. The fraction of sp³-hybridized carbons (Fsp3) is 0.267. The van der Waals surface area contributed by atoms with E-state index in [0.717, 1.165) is 27.1 Å². The Labute approximate surface area is 126 Å². The zero-order valence-corrected chi connectivity index (χ0v) is 12.5. The average molecular weight is 335 g/mol. The summed E-state index contributed by atoms with van der Waals surface area (Å²) in [6.45, 7) is 1.15. The van der Waals surface area contributed by atoms with Crippen LogP contribution in [-0.4, -0.2) is 18.2 Å². The topological polar surface area (TPSA) is 57.4 Å². The van der Waals surface area contributed by atoms with E-state index in [-0.39, 0.29) is 6.04 Å². The second-order valence-electron chi connectivity index (χ2n) is 4.69. The Morgan fingerprint density at radius 2 is 2.10 bits per heavy atom. The van der Waals surface area contributed by atoms with E-state index in [2.05, 4.69) is 20.9 Å². The monoisotopic (exact) mass is 334 g/mol. The van der Waals surface area contributed by atoms with Crippen LogP contribution in [0.1, 0.15) is 17.2 Å². The molecule has 0 fully saturated rings. The number of ether oxygens (including phenoxy) is 2. The number of rotatable bonds is 3. The number of hydrogen-bond donors (Lipinski definition) is 1. The van der Waals surface area contributed by atoms with Gasteiger partial charge in [-0.05, 0) is 40.0 Å². The van der Waals surface area contributed by atoms with Gasteiger partial charge in [-0.15, -0.1) is 0 Å². The van der Waals surface area contributed by atoms with Gasteiger partial charge in [-0.3, -0.25) is 4.98 Å². The maximum absolute atomic E-state index is 6.32. The normalized spacial score (nSPS) is 14.9. The number of fused-ring (bicyclic) bond motifs is 1. The van der Waals surface area contributed by atoms with Gasteiger partial charge in [0, 0.05) is 28.5 Å². The van der Waals surface area contributed by atoms with Crippen LogP contribution in [0.3, 0.4) is 0 Å². The molecule has 1 aliphatic heterocycles. The standard InChI is InChI=1S/C15H15BrN2O2/c16-11-6-10(8-18-9-11)7-13(17)12-2-1-3-14-15(12)20-5-4-19-14/h1-3,6,8-9,13H,4-5,7,17H2. The molecule has 5 heteroatoms. The van der Waals surface area contributed by atoms with Crippen molar-refractivity contribution in [2.75, 3.05) is 13.2 Å². The van der Waals surface area contributed by atoms with Crippen LogP contribution in [0.5, 0.6) is 11.5 Å². The van der Waals surface area contributed by atoms with E-state index in [1.54, 1.807) is 6.20 Å². The molecule has 20 heavy (non-hydrogen) atoms. The van der Waals surface area contributed by atoms with Crippen molar-refractivity contribution in [3.05, 3.63) is 52.3 Å². The Hall–Kier alpha value is -1.59. The molecule has 0 radical (unpaired) electrons. The van der Waals surface area contributed by atoms with Gasteiger partial charge in [-0.1, -0.05) is 12.1 Å². The van der Waals surface area contributed by atoms with E-state index in [1.165, 1.54) is 0 Å². The van der Waals surface area contributed by atoms with E-state index < -0.39 is 0 Å². The van der Waals surface area contributed by atoms with Gasteiger partial charge in [-0.2, -0.15) is 0 Å². The molecule has 3 rings (SSSR count). The number of aromatic nitrogens is 1. The van der Waals surface area contributed by atoms with E-state index in [0.29, 0.717) is 19.6 Å². The smallest absolute Gasteiger partial charge is 0.166 e. The molecule has 1 atom stereocenters. The molecule has 1 aliphatic rings. The highest BCUT2D eigenvalue weighted by molar-refractivity contribution is 9.10. The molecule has 0 spiro atoms. The summed E-state index contributed by atoms with van der Waals surface area (Å²) in [7, 11) is 0. The highest BCUT2D eigenvalue weighted by Crippen LogP contribution is 2.37. The maximum atomic E-state index is 6.32. The summed E-state index contributed by atoms with van der Waals surface area (Å²) in [6, 6.07) is 7.72. The zero-order chi connectivity index (χ0) is 13.9. The summed E-state index contributed by atoms with van der Waals surface area (Å²) in [6.07, 6.45) is 4.29. The summed E-state index contributed by atoms with van der Waals surface area (Å²) in [5.74, 6) is 1.55. The molecule has 2 N–H and O–H groups in total. The SMILES string of the molecule is NC(Cc1cncc(Br)c1)c1cccc2c1OCCO2. The Bertz CT molecular complexity index is 619. The molecule has 1 aromatic carbocycles. The fourth-order valence-electron chi connectivity index (χ4n) is 2.32. The molecule has 2 heterocycles. The number of nitrogens with zero attached hydrogens (tertiary/aromatic N) is 1. The third-order valence-corrected chi connectivity index (χ3v) is 3.65. The van der Waals surface area contributed by atoms with Gasteiger partial charge in [0.05, 0.1) is 0 Å². The Morgan fingerprint density at radius 3 is 2.95 bits per heavy atom. The van der Waals surface area contributed by atoms with Gasteiger partial charge in [0.2, 0.25) is 0 Å². The average Bonchev–Trinajstić information content (AvgIpc) is 2.46. The first-order chi connectivity index (χ1) is 9.74. The van der Waals surface area contributed by atoms with Crippen molar-refractivity contribution in [3.8, 4) is 11.5 Å². The molecule has 104 valence electrons. The maximum Gasteiger partial charge on any atom is 0.166 e. The number of pyridine rings is 1. The van der Waals surface area contributed by atoms with Crippen molar-refractivity contribution in [2.24, 2.45) is 5.73 Å². The third-order valence-electron chi connectivity index (χ3n) is 3.21. The van der Waals surface area contributed by atoms with E-state index in [9.17, 15) is 0 Å². The van der Waals surface area contributed by atoms with Gasteiger partial charge in [0.25, 0.3) is 0 Å². The fourth-order valence-corrected chi connectivity index (χ4v) is 2.73. The molecular formula is C15H15BrN2O2. The molecule has 0 saturated carbocycles. The van der Waals surface area contributed by atoms with Crippen molar-refractivity contribution in [1.29, 1.82) is 0 Å². The second-order valence-corrected chi connectivity index (χ2v) is 5.61. The molecule has 1 aromatic heterocycles. The van der Waals surface area contributed by atoms with Gasteiger partial charge in [0.15, 0.2) is 11.5 Å². The summed E-state index contributed by atoms with van der Waals surface area (Å²) < 4.78 is 12.2. The first kappa shape index (κ1) is 13.4. The molecule has 0 bridgehead atoms. The van der Waals surface area contributed by atoms with Gasteiger partial charge < -0.3 is 15.2 Å². The molecule has 0 aliphatic carbocycles. The lowest BCUT2D eigenvalue weighted by Crippen LogP contribution is -2.20. The van der Waals surface area contributed by atoms with Crippen LogP contribution in [0.2, 0.25) is 0 Å². The van der Waals surface area contributed by atoms with Gasteiger partial charge >= 0.3 is 0 Å². The van der Waals surface area contributed by atoms with Crippen molar-refractivity contribution < 1.29 is 9.47 Å². The molecular weight excluding hydrogens is 320 g/mol. The summed E-state index contributed by atoms with van der Waals surface area (Å²) in [4.78, 5) is 4.16. The first-order valence-electron chi connectivity index (χ1n) is 6.47. The lowest BCUT2D eigenvalue weighted by molar-refractivity contribution is 0.169. The van der Waals surface area contributed by atoms with Crippen LogP contribution in [-0.2, 0) is 6.42 Å². The number of halogens is 1. The molecule has 0 saturated heterocycles. The Kier molecular flexibility index (Phi) is 3.89. The van der Waals surface area contributed by atoms with Crippen LogP contribution >= 0.6 is 15.9 Å². The lowest BCUT2D eigenvalue weighted by Gasteiger charge is -2.23. The minimum absolute atomic E-state index is 0.150.